The summed E-state index contributed by atoms with van der Waals surface area (Å²) in [5.41, 5.74) is -2.31. The van der Waals surface area contributed by atoms with Gasteiger partial charge >= 0.3 is 71.6 Å². The maximum Gasteiger partial charge on any atom is 0.352 e. The largest absolute Gasteiger partial charge is 0.508 e. The summed E-state index contributed by atoms with van der Waals surface area (Å²) in [7, 11) is 0. The highest BCUT2D eigenvalue weighted by Gasteiger charge is 2.33. The Labute approximate surface area is 801 Å². The lowest BCUT2D eigenvalue weighted by Crippen LogP contribution is -2.29. The third-order valence-corrected chi connectivity index (χ3v) is 22.9. The fourth-order valence-electron chi connectivity index (χ4n) is 11.6. The Kier molecular flexibility index (Phi) is 45.7. The van der Waals surface area contributed by atoms with E-state index in [1.165, 1.54) is 24.3 Å². The first-order valence-corrected chi connectivity index (χ1v) is 45.6. The van der Waals surface area contributed by atoms with Gasteiger partial charge in [-0.1, -0.05) is 165 Å². The number of aliphatic carboxylic acids is 1. The SMILES string of the molecule is CCC(C)(C)C(=O)OCC(=O)OC(=O)c1ccc2cc(O)ccc2c1.CCC(C)(C)C(=O)OCC(=O)OC(=O)c1cccc2c(O)cccc12.CCC(C)(C)C(=O)OCC(=O)Oc1ccc2cc(O)ccc2c1.CCC(C)(C)C(=O)OCCOc1cccc2c(O)cccc12.CCC(C)(C)C(=O)OCCc1cccc2c(O)cccc12.CCC(C)C(=O)O.CCC(C)C(=O)OC(C)CC(C)(C)O. The number of hydrogen-bond acceptors (Lipinski definition) is 28. The summed E-state index contributed by atoms with van der Waals surface area (Å²) in [5, 5.41) is 73.5. The van der Waals surface area contributed by atoms with Crippen LogP contribution in [-0.2, 0) is 92.3 Å². The van der Waals surface area contributed by atoms with Crippen LogP contribution >= 0.6 is 0 Å². The summed E-state index contributed by atoms with van der Waals surface area (Å²) in [5.74, 6) is -5.36. The van der Waals surface area contributed by atoms with Crippen molar-refractivity contribution in [3.8, 4) is 40.2 Å². The van der Waals surface area contributed by atoms with Crippen molar-refractivity contribution in [1.82, 2.24) is 0 Å². The normalized spacial score (nSPS) is 11.9. The molecule has 29 heteroatoms. The highest BCUT2D eigenvalue weighted by molar-refractivity contribution is 6.09. The zero-order chi connectivity index (χ0) is 103. The summed E-state index contributed by atoms with van der Waals surface area (Å²) >= 11 is 0. The fraction of sp³-hybridized carbons (Fsp3) is 0.426. The van der Waals surface area contributed by atoms with E-state index in [1.54, 1.807) is 172 Å². The minimum atomic E-state index is -0.956. The van der Waals surface area contributed by atoms with Gasteiger partial charge in [-0.05, 0) is 252 Å². The molecule has 10 rings (SSSR count). The van der Waals surface area contributed by atoms with Gasteiger partial charge in [-0.15, -0.1) is 0 Å². The number of esters is 11. The van der Waals surface area contributed by atoms with Gasteiger partial charge in [0, 0.05) is 34.4 Å². The lowest BCUT2D eigenvalue weighted by Gasteiger charge is -2.23. The number of aromatic hydroxyl groups is 5. The Balaban J connectivity index is 0.000000341. The molecule has 10 aromatic rings. The maximum absolute atomic E-state index is 12.2. The number of benzene rings is 10. The lowest BCUT2D eigenvalue weighted by atomic mass is 9.91. The molecule has 0 fully saturated rings. The van der Waals surface area contributed by atoms with Crippen molar-refractivity contribution in [1.29, 1.82) is 0 Å². The molecule has 0 saturated heterocycles. The standard InChI is InChI=1S/2C19H20O6.C18H20O5.C18H22O4.C18H22O3.C11H22O3.C5H10O2/c1-4-19(2,3)18(23)24-11-16(21)25-17(22)14-9-5-8-13-12(14)7-6-10-15(13)20;1-4-19(2,3)18(23)24-11-16(21)25-17(22)14-6-5-13-10-15(20)8-7-12(13)9-14;1-4-18(2,3)17(21)22-11-16(20)23-15-8-6-12-9-14(19)7-5-13(12)10-15;1-4-18(2,3)17(20)22-12-11-21-16-10-6-7-13-14(16)8-5-9-15(13)19;1-4-18(2,3)17(20)21-12-11-13-7-5-9-15-14(13)8-6-10-16(15)19;1-6-8(2)10(12)14-9(3)7-11(4,5)13;1-3-4(2)5(6)7/h2*5-10,20H,4,11H2,1-3H3;5-10,19H,4,11H2,1-3H3;5-10,19H,4,11-12H2,1-3H3;5-10,19H,4,11-12H2,1-3H3;8-9,13H,6-7H2,1-5H3;4H,3H2,1-2H3,(H,6,7). The van der Waals surface area contributed by atoms with Crippen LogP contribution in [0, 0.1) is 38.9 Å². The van der Waals surface area contributed by atoms with Gasteiger partial charge in [0.1, 0.15) is 59.6 Å². The van der Waals surface area contributed by atoms with Crippen LogP contribution in [0.5, 0.6) is 40.2 Å². The van der Waals surface area contributed by atoms with Crippen molar-refractivity contribution in [2.24, 2.45) is 38.9 Å². The third-order valence-electron chi connectivity index (χ3n) is 22.9. The molecule has 7 N–H and O–H groups in total. The number of hydrogen-bond donors (Lipinski definition) is 7. The van der Waals surface area contributed by atoms with Gasteiger partial charge in [0.25, 0.3) is 0 Å². The fourth-order valence-corrected chi connectivity index (χ4v) is 11.6. The van der Waals surface area contributed by atoms with Crippen LogP contribution in [0.3, 0.4) is 0 Å². The van der Waals surface area contributed by atoms with Crippen LogP contribution in [0.25, 0.3) is 53.9 Å². The Morgan fingerprint density at radius 2 is 0.730 bits per heavy atom. The van der Waals surface area contributed by atoms with Gasteiger partial charge in [0.05, 0.1) is 62.2 Å². The highest BCUT2D eigenvalue weighted by atomic mass is 16.6. The molecule has 10 aromatic carbocycles. The van der Waals surface area contributed by atoms with E-state index in [0.29, 0.717) is 61.0 Å². The molecule has 0 aliphatic rings. The van der Waals surface area contributed by atoms with E-state index in [0.717, 1.165) is 74.3 Å². The highest BCUT2D eigenvalue weighted by Crippen LogP contribution is 2.35. The molecule has 0 aromatic heterocycles. The summed E-state index contributed by atoms with van der Waals surface area (Å²) < 4.78 is 50.9. The van der Waals surface area contributed by atoms with Crippen molar-refractivity contribution >= 4 is 125 Å². The molecule has 3 unspecified atom stereocenters. The van der Waals surface area contributed by atoms with E-state index < -0.39 is 106 Å². The van der Waals surface area contributed by atoms with Gasteiger partial charge in [-0.25, -0.2) is 24.0 Å². The number of rotatable bonds is 33. The van der Waals surface area contributed by atoms with Gasteiger partial charge in [0.2, 0.25) is 0 Å². The quantitative estimate of drug-likeness (QED) is 0.00660. The van der Waals surface area contributed by atoms with Crippen LogP contribution in [0.15, 0.2) is 182 Å². The molecule has 0 aliphatic carbocycles. The Bertz CT molecular complexity index is 5770. The number of carboxylic acid groups (broad SMARTS) is 1. The first-order chi connectivity index (χ1) is 64.1. The van der Waals surface area contributed by atoms with Crippen molar-refractivity contribution in [3.63, 3.8) is 0 Å². The minimum Gasteiger partial charge on any atom is -0.508 e. The summed E-state index contributed by atoms with van der Waals surface area (Å²) in [6, 6.07) is 50.9. The number of carbonyl (C=O) groups is 12. The second kappa shape index (κ2) is 54.1. The predicted octanol–water partition coefficient (Wildman–Crippen LogP) is 21.1. The number of carbonyl (C=O) groups excluding carboxylic acids is 11. The molecule has 0 amide bonds. The Morgan fingerprint density at radius 3 is 1.18 bits per heavy atom. The van der Waals surface area contributed by atoms with Crippen molar-refractivity contribution < 1.29 is 141 Å². The molecular formula is C108H136O29. The maximum atomic E-state index is 12.2. The van der Waals surface area contributed by atoms with Crippen LogP contribution in [-0.4, -0.2) is 159 Å². The number of phenolic OH excluding ortho intramolecular Hbond substituents is 5. The molecule has 3 atom stereocenters. The zero-order valence-electron chi connectivity index (χ0n) is 82.8. The number of aliphatic hydroxyl groups is 1. The molecule has 0 heterocycles. The van der Waals surface area contributed by atoms with E-state index in [4.69, 9.17) is 52.5 Å². The van der Waals surface area contributed by atoms with Crippen molar-refractivity contribution in [2.75, 3.05) is 39.6 Å². The molecule has 0 aliphatic heterocycles. The monoisotopic (exact) mass is 1900 g/mol. The van der Waals surface area contributed by atoms with Gasteiger partial charge in [-0.3, -0.25) is 33.6 Å². The average Bonchev–Trinajstić information content (AvgIpc) is 0.836. The van der Waals surface area contributed by atoms with E-state index in [9.17, 15) is 88.2 Å². The predicted molar refractivity (Wildman–Crippen MR) is 522 cm³/mol. The molecule has 0 bridgehead atoms. The van der Waals surface area contributed by atoms with E-state index in [1.807, 2.05) is 138 Å². The first-order valence-electron chi connectivity index (χ1n) is 45.6. The molecule has 0 spiro atoms. The van der Waals surface area contributed by atoms with Crippen LogP contribution in [0.4, 0.5) is 0 Å². The summed E-state index contributed by atoms with van der Waals surface area (Å²) in [4.78, 5) is 140. The molecule has 29 nitrogen and oxygen atoms in total. The number of carboxylic acids is 1. The molecular weight excluding hydrogens is 1760 g/mol. The number of phenols is 5. The summed E-state index contributed by atoms with van der Waals surface area (Å²) in [6.07, 6.45) is 5.62. The number of fused-ring (bicyclic) bond motifs is 5. The molecule has 0 radical (unpaired) electrons. The molecule has 742 valence electrons. The smallest absolute Gasteiger partial charge is 0.352 e. The van der Waals surface area contributed by atoms with Crippen LogP contribution in [0.1, 0.15) is 230 Å². The van der Waals surface area contributed by atoms with Gasteiger partial charge in [-0.2, -0.15) is 0 Å². The van der Waals surface area contributed by atoms with Crippen LogP contribution < -0.4 is 9.47 Å². The molecule has 0 saturated carbocycles. The lowest BCUT2D eigenvalue weighted by molar-refractivity contribution is -0.162. The zero-order valence-corrected chi connectivity index (χ0v) is 82.8. The average molecular weight is 1900 g/mol. The second-order valence-corrected chi connectivity index (χ2v) is 36.5. The minimum absolute atomic E-state index is 0.0224. The topological polar surface area (TPSA) is 439 Å². The third kappa shape index (κ3) is 37.8. The van der Waals surface area contributed by atoms with Gasteiger partial charge < -0.3 is 83.1 Å². The number of ether oxygens (including phenoxy) is 10. The molecule has 137 heavy (non-hydrogen) atoms. The second-order valence-electron chi connectivity index (χ2n) is 36.5. The Morgan fingerprint density at radius 1 is 0.358 bits per heavy atom. The van der Waals surface area contributed by atoms with Gasteiger partial charge in [0.15, 0.2) is 19.8 Å². The van der Waals surface area contributed by atoms with Crippen molar-refractivity contribution in [3.05, 3.63) is 199 Å². The van der Waals surface area contributed by atoms with Crippen molar-refractivity contribution in [2.45, 2.75) is 222 Å². The first kappa shape index (κ1) is 116. The van der Waals surface area contributed by atoms with E-state index in [2.05, 4.69) is 0 Å². The van der Waals surface area contributed by atoms with E-state index >= 15 is 0 Å². The van der Waals surface area contributed by atoms with Crippen LogP contribution in [0.2, 0.25) is 0 Å². The van der Waals surface area contributed by atoms with E-state index in [-0.39, 0.29) is 88.9 Å². The summed E-state index contributed by atoms with van der Waals surface area (Å²) in [6.45, 7) is 39.1. The Hall–Kier alpha value is -13.7.